The lowest BCUT2D eigenvalue weighted by Crippen LogP contribution is -2.08. The summed E-state index contributed by atoms with van der Waals surface area (Å²) >= 11 is 0. The smallest absolute Gasteiger partial charge is 0.142 e. The highest BCUT2D eigenvalue weighted by atomic mass is 16.5. The largest absolute Gasteiger partial charge is 0.496 e. The minimum Gasteiger partial charge on any atom is -0.496 e. The molecular weight excluding hydrogens is 266 g/mol. The Kier molecular flexibility index (Phi) is 4.38. The highest BCUT2D eigenvalue weighted by Crippen LogP contribution is 2.38. The molecule has 2 rings (SSSR count). The quantitative estimate of drug-likeness (QED) is 0.848. The molecule has 0 aliphatic rings. The monoisotopic (exact) mass is 287 g/mol. The number of anilines is 1. The Morgan fingerprint density at radius 1 is 1.00 bits per heavy atom. The molecule has 0 fully saturated rings. The van der Waals surface area contributed by atoms with Crippen LogP contribution in [0.4, 0.5) is 5.69 Å². The number of nitrogens with two attached hydrogens (primary N) is 1. The van der Waals surface area contributed by atoms with Crippen LogP contribution in [0.3, 0.4) is 0 Å². The zero-order valence-electron chi connectivity index (χ0n) is 12.8. The normalized spacial score (nSPS) is 12.0. The van der Waals surface area contributed by atoms with Gasteiger partial charge in [0.1, 0.15) is 17.6 Å². The van der Waals surface area contributed by atoms with E-state index in [0.29, 0.717) is 28.3 Å². The Hall–Kier alpha value is -2.20. The fraction of sp³-hybridized carbons (Fsp3) is 0.294. The standard InChI is InChI=1S/C17H21NO3/c1-10-8-9-13(17(21-4)11(10)2)16(19)12-6-5-7-14(20-3)15(12)18/h5-9,16,19H,18H2,1-4H3. The molecule has 0 aliphatic carbocycles. The Labute approximate surface area is 125 Å². The average Bonchev–Trinajstić information content (AvgIpc) is 2.49. The zero-order valence-corrected chi connectivity index (χ0v) is 12.8. The van der Waals surface area contributed by atoms with Crippen molar-refractivity contribution in [2.24, 2.45) is 0 Å². The third-order valence-electron chi connectivity index (χ3n) is 3.82. The van der Waals surface area contributed by atoms with Gasteiger partial charge in [-0.05, 0) is 31.0 Å². The van der Waals surface area contributed by atoms with E-state index < -0.39 is 6.10 Å². The van der Waals surface area contributed by atoms with Crippen molar-refractivity contribution < 1.29 is 14.6 Å². The molecular formula is C17H21NO3. The number of rotatable bonds is 4. The number of hydrogen-bond donors (Lipinski definition) is 2. The fourth-order valence-electron chi connectivity index (χ4n) is 2.44. The van der Waals surface area contributed by atoms with Crippen molar-refractivity contribution in [3.8, 4) is 11.5 Å². The van der Waals surface area contributed by atoms with Crippen LogP contribution in [-0.2, 0) is 0 Å². The van der Waals surface area contributed by atoms with Gasteiger partial charge in [0, 0.05) is 11.1 Å². The van der Waals surface area contributed by atoms with Crippen molar-refractivity contribution in [1.29, 1.82) is 0 Å². The van der Waals surface area contributed by atoms with Gasteiger partial charge in [0.15, 0.2) is 0 Å². The molecule has 0 amide bonds. The molecule has 0 saturated carbocycles. The summed E-state index contributed by atoms with van der Waals surface area (Å²) in [5.74, 6) is 1.24. The van der Waals surface area contributed by atoms with Crippen LogP contribution in [0.1, 0.15) is 28.4 Å². The number of methoxy groups -OCH3 is 2. The summed E-state index contributed by atoms with van der Waals surface area (Å²) in [5.41, 5.74) is 9.93. The van der Waals surface area contributed by atoms with Gasteiger partial charge in [-0.25, -0.2) is 0 Å². The Morgan fingerprint density at radius 2 is 1.71 bits per heavy atom. The predicted molar refractivity (Wildman–Crippen MR) is 83.9 cm³/mol. The molecule has 2 aromatic rings. The highest BCUT2D eigenvalue weighted by Gasteiger charge is 2.21. The number of benzene rings is 2. The first-order chi connectivity index (χ1) is 10.0. The average molecular weight is 287 g/mol. The summed E-state index contributed by atoms with van der Waals surface area (Å²) in [6, 6.07) is 9.19. The Balaban J connectivity index is 2.55. The number of aliphatic hydroxyl groups is 1. The third kappa shape index (κ3) is 2.67. The van der Waals surface area contributed by atoms with Crippen LogP contribution in [0.25, 0.3) is 0 Å². The Morgan fingerprint density at radius 3 is 2.33 bits per heavy atom. The number of aryl methyl sites for hydroxylation is 1. The summed E-state index contributed by atoms with van der Waals surface area (Å²) in [7, 11) is 3.16. The molecule has 112 valence electrons. The number of ether oxygens (including phenoxy) is 2. The van der Waals surface area contributed by atoms with Crippen molar-refractivity contribution in [2.75, 3.05) is 20.0 Å². The molecule has 0 bridgehead atoms. The van der Waals surface area contributed by atoms with E-state index in [9.17, 15) is 5.11 Å². The number of aliphatic hydroxyl groups excluding tert-OH is 1. The topological polar surface area (TPSA) is 64.7 Å². The molecule has 0 aliphatic heterocycles. The summed E-state index contributed by atoms with van der Waals surface area (Å²) in [6.07, 6.45) is -0.866. The van der Waals surface area contributed by atoms with E-state index in [2.05, 4.69) is 0 Å². The first-order valence-corrected chi connectivity index (χ1v) is 6.75. The lowest BCUT2D eigenvalue weighted by atomic mass is 9.95. The van der Waals surface area contributed by atoms with Gasteiger partial charge in [0.05, 0.1) is 19.9 Å². The minimum absolute atomic E-state index is 0.438. The van der Waals surface area contributed by atoms with Crippen LogP contribution in [0, 0.1) is 13.8 Å². The first-order valence-electron chi connectivity index (χ1n) is 6.75. The van der Waals surface area contributed by atoms with Crippen LogP contribution in [0.15, 0.2) is 30.3 Å². The van der Waals surface area contributed by atoms with Crippen molar-refractivity contribution in [3.63, 3.8) is 0 Å². The number of hydrogen-bond acceptors (Lipinski definition) is 4. The molecule has 4 heteroatoms. The van der Waals surface area contributed by atoms with Gasteiger partial charge in [-0.1, -0.05) is 24.3 Å². The second-order valence-corrected chi connectivity index (χ2v) is 5.00. The maximum Gasteiger partial charge on any atom is 0.142 e. The predicted octanol–water partition coefficient (Wildman–Crippen LogP) is 2.98. The van der Waals surface area contributed by atoms with Crippen molar-refractivity contribution in [2.45, 2.75) is 20.0 Å². The van der Waals surface area contributed by atoms with E-state index in [1.807, 2.05) is 26.0 Å². The first kappa shape index (κ1) is 15.2. The van der Waals surface area contributed by atoms with Gasteiger partial charge in [0.2, 0.25) is 0 Å². The van der Waals surface area contributed by atoms with Crippen molar-refractivity contribution >= 4 is 5.69 Å². The molecule has 21 heavy (non-hydrogen) atoms. The summed E-state index contributed by atoms with van der Waals surface area (Å²) in [4.78, 5) is 0. The second kappa shape index (κ2) is 6.06. The molecule has 4 nitrogen and oxygen atoms in total. The lowest BCUT2D eigenvalue weighted by Gasteiger charge is -2.20. The third-order valence-corrected chi connectivity index (χ3v) is 3.82. The van der Waals surface area contributed by atoms with E-state index >= 15 is 0 Å². The van der Waals surface area contributed by atoms with Crippen molar-refractivity contribution in [3.05, 3.63) is 52.6 Å². The summed E-state index contributed by atoms with van der Waals surface area (Å²) in [6.45, 7) is 3.98. The van der Waals surface area contributed by atoms with Gasteiger partial charge in [0.25, 0.3) is 0 Å². The van der Waals surface area contributed by atoms with E-state index in [1.165, 1.54) is 0 Å². The van der Waals surface area contributed by atoms with Gasteiger partial charge in [-0.2, -0.15) is 0 Å². The molecule has 1 atom stereocenters. The molecule has 0 aromatic heterocycles. The molecule has 0 spiro atoms. The molecule has 0 heterocycles. The molecule has 0 saturated heterocycles. The fourth-order valence-corrected chi connectivity index (χ4v) is 2.44. The zero-order chi connectivity index (χ0) is 15.6. The minimum atomic E-state index is -0.866. The van der Waals surface area contributed by atoms with Gasteiger partial charge in [-0.3, -0.25) is 0 Å². The maximum atomic E-state index is 10.7. The van der Waals surface area contributed by atoms with Crippen LogP contribution in [0.5, 0.6) is 11.5 Å². The van der Waals surface area contributed by atoms with Crippen LogP contribution < -0.4 is 15.2 Å². The van der Waals surface area contributed by atoms with E-state index in [-0.39, 0.29) is 0 Å². The SMILES string of the molecule is COc1cccc(C(O)c2ccc(C)c(C)c2OC)c1N. The van der Waals surface area contributed by atoms with E-state index in [1.54, 1.807) is 32.4 Å². The molecule has 2 aromatic carbocycles. The molecule has 3 N–H and O–H groups in total. The molecule has 1 unspecified atom stereocenters. The molecule has 0 radical (unpaired) electrons. The van der Waals surface area contributed by atoms with Crippen LogP contribution in [0.2, 0.25) is 0 Å². The second-order valence-electron chi connectivity index (χ2n) is 5.00. The number of para-hydroxylation sites is 1. The maximum absolute atomic E-state index is 10.7. The summed E-state index contributed by atoms with van der Waals surface area (Å²) in [5, 5.41) is 10.7. The van der Waals surface area contributed by atoms with Crippen LogP contribution >= 0.6 is 0 Å². The summed E-state index contributed by atoms with van der Waals surface area (Å²) < 4.78 is 10.7. The van der Waals surface area contributed by atoms with E-state index in [4.69, 9.17) is 15.2 Å². The lowest BCUT2D eigenvalue weighted by molar-refractivity contribution is 0.215. The van der Waals surface area contributed by atoms with Crippen molar-refractivity contribution in [1.82, 2.24) is 0 Å². The number of nitrogen functional groups attached to an aromatic ring is 1. The van der Waals surface area contributed by atoms with Gasteiger partial charge < -0.3 is 20.3 Å². The van der Waals surface area contributed by atoms with E-state index in [0.717, 1.165) is 11.1 Å². The van der Waals surface area contributed by atoms with Crippen LogP contribution in [-0.4, -0.2) is 19.3 Å². The highest BCUT2D eigenvalue weighted by molar-refractivity contribution is 5.62. The Bertz CT molecular complexity index is 653. The van der Waals surface area contributed by atoms with Gasteiger partial charge in [-0.15, -0.1) is 0 Å². The van der Waals surface area contributed by atoms with Gasteiger partial charge >= 0.3 is 0 Å².